The Morgan fingerprint density at radius 2 is 2.56 bits per heavy atom. The predicted molar refractivity (Wildman–Crippen MR) is 73.4 cm³/mol. The third-order valence-electron chi connectivity index (χ3n) is 3.60. The highest BCUT2D eigenvalue weighted by atomic mass is 32.1. The summed E-state index contributed by atoms with van der Waals surface area (Å²) in [5, 5.41) is 9.44. The molecule has 1 fully saturated rings. The first-order valence-corrected chi connectivity index (χ1v) is 7.50. The first-order chi connectivity index (χ1) is 8.72. The van der Waals surface area contributed by atoms with Gasteiger partial charge in [-0.15, -0.1) is 11.3 Å². The number of aromatic nitrogens is 1. The molecule has 18 heavy (non-hydrogen) atoms. The summed E-state index contributed by atoms with van der Waals surface area (Å²) >= 11 is 1.61. The van der Waals surface area contributed by atoms with Gasteiger partial charge in [-0.2, -0.15) is 0 Å². The summed E-state index contributed by atoms with van der Waals surface area (Å²) in [6.07, 6.45) is 3.61. The van der Waals surface area contributed by atoms with Crippen molar-refractivity contribution >= 4 is 17.2 Å². The van der Waals surface area contributed by atoms with Gasteiger partial charge in [-0.1, -0.05) is 13.8 Å². The van der Waals surface area contributed by atoms with E-state index >= 15 is 0 Å². The van der Waals surface area contributed by atoms with E-state index in [9.17, 15) is 4.79 Å². The van der Waals surface area contributed by atoms with Gasteiger partial charge in [-0.25, -0.2) is 4.98 Å². The predicted octanol–water partition coefficient (Wildman–Crippen LogP) is 1.96. The molecule has 3 atom stereocenters. The average Bonchev–Trinajstić information content (AvgIpc) is 2.90. The van der Waals surface area contributed by atoms with Crippen molar-refractivity contribution in [1.82, 2.24) is 15.6 Å². The van der Waals surface area contributed by atoms with E-state index in [1.807, 2.05) is 5.38 Å². The second kappa shape index (κ2) is 6.29. The minimum absolute atomic E-state index is 0.0691. The Balaban J connectivity index is 1.97. The van der Waals surface area contributed by atoms with Gasteiger partial charge in [0.15, 0.2) is 0 Å². The SMILES string of the molecule is CCC(NC(=O)C1CCNCC1C)c1nccs1. The van der Waals surface area contributed by atoms with Gasteiger partial charge >= 0.3 is 0 Å². The number of nitrogens with one attached hydrogen (secondary N) is 2. The lowest BCUT2D eigenvalue weighted by Crippen LogP contribution is -2.44. The molecule has 5 heteroatoms. The molecule has 0 bridgehead atoms. The van der Waals surface area contributed by atoms with Crippen molar-refractivity contribution in [3.63, 3.8) is 0 Å². The molecule has 2 heterocycles. The lowest BCUT2D eigenvalue weighted by Gasteiger charge is -2.29. The molecule has 1 aromatic rings. The third kappa shape index (κ3) is 3.09. The first-order valence-electron chi connectivity index (χ1n) is 6.62. The van der Waals surface area contributed by atoms with Gasteiger partial charge in [0, 0.05) is 17.5 Å². The van der Waals surface area contributed by atoms with E-state index in [4.69, 9.17) is 0 Å². The van der Waals surface area contributed by atoms with Gasteiger partial charge in [0.25, 0.3) is 0 Å². The number of carbonyl (C=O) groups is 1. The van der Waals surface area contributed by atoms with Gasteiger partial charge in [0.2, 0.25) is 5.91 Å². The van der Waals surface area contributed by atoms with Crippen molar-refractivity contribution in [1.29, 1.82) is 0 Å². The molecule has 0 spiro atoms. The molecule has 4 nitrogen and oxygen atoms in total. The average molecular weight is 267 g/mol. The maximum absolute atomic E-state index is 12.3. The monoisotopic (exact) mass is 267 g/mol. The molecule has 1 aliphatic heterocycles. The van der Waals surface area contributed by atoms with E-state index in [0.717, 1.165) is 30.9 Å². The van der Waals surface area contributed by atoms with E-state index in [2.05, 4.69) is 29.5 Å². The summed E-state index contributed by atoms with van der Waals surface area (Å²) in [4.78, 5) is 16.6. The molecule has 1 aromatic heterocycles. The van der Waals surface area contributed by atoms with Crippen molar-refractivity contribution in [2.45, 2.75) is 32.7 Å². The van der Waals surface area contributed by atoms with Crippen molar-refractivity contribution in [3.8, 4) is 0 Å². The molecular weight excluding hydrogens is 246 g/mol. The Labute approximate surface area is 112 Å². The fraction of sp³-hybridized carbons (Fsp3) is 0.692. The second-order valence-electron chi connectivity index (χ2n) is 4.92. The molecular formula is C13H21N3OS. The molecule has 0 aliphatic carbocycles. The highest BCUT2D eigenvalue weighted by Gasteiger charge is 2.29. The van der Waals surface area contributed by atoms with Crippen LogP contribution in [-0.2, 0) is 4.79 Å². The second-order valence-corrected chi connectivity index (χ2v) is 5.84. The van der Waals surface area contributed by atoms with Crippen LogP contribution >= 0.6 is 11.3 Å². The Morgan fingerprint density at radius 3 is 3.17 bits per heavy atom. The number of rotatable bonds is 4. The maximum atomic E-state index is 12.3. The molecule has 0 radical (unpaired) electrons. The van der Waals surface area contributed by atoms with Crippen LogP contribution in [0.3, 0.4) is 0 Å². The molecule has 0 saturated carbocycles. The van der Waals surface area contributed by atoms with Crippen molar-refractivity contribution < 1.29 is 4.79 Å². The molecule has 100 valence electrons. The van der Waals surface area contributed by atoms with Crippen LogP contribution in [0, 0.1) is 11.8 Å². The highest BCUT2D eigenvalue weighted by Crippen LogP contribution is 2.23. The molecule has 1 amide bonds. The number of nitrogens with zero attached hydrogens (tertiary/aromatic N) is 1. The lowest BCUT2D eigenvalue weighted by molar-refractivity contribution is -0.128. The molecule has 1 aliphatic rings. The van der Waals surface area contributed by atoms with Gasteiger partial charge in [0.1, 0.15) is 5.01 Å². The van der Waals surface area contributed by atoms with E-state index in [0.29, 0.717) is 5.92 Å². The Hall–Kier alpha value is -0.940. The summed E-state index contributed by atoms with van der Waals surface area (Å²) in [7, 11) is 0. The van der Waals surface area contributed by atoms with Crippen LogP contribution in [-0.4, -0.2) is 24.0 Å². The quantitative estimate of drug-likeness (QED) is 0.877. The standard InChI is InChI=1S/C13H21N3OS/c1-3-11(13-15-6-7-18-13)16-12(17)10-4-5-14-8-9(10)2/h6-7,9-11,14H,3-5,8H2,1-2H3,(H,16,17). The molecule has 0 aromatic carbocycles. The van der Waals surface area contributed by atoms with Crippen molar-refractivity contribution in [2.24, 2.45) is 11.8 Å². The maximum Gasteiger partial charge on any atom is 0.224 e. The molecule has 3 unspecified atom stereocenters. The zero-order valence-corrected chi connectivity index (χ0v) is 11.8. The fourth-order valence-electron chi connectivity index (χ4n) is 2.43. The van der Waals surface area contributed by atoms with Gasteiger partial charge in [-0.3, -0.25) is 4.79 Å². The van der Waals surface area contributed by atoms with E-state index in [-0.39, 0.29) is 17.9 Å². The summed E-state index contributed by atoms with van der Waals surface area (Å²) in [6.45, 7) is 6.10. The number of piperidine rings is 1. The Bertz CT molecular complexity index is 380. The summed E-state index contributed by atoms with van der Waals surface area (Å²) in [5.74, 6) is 0.735. The van der Waals surface area contributed by atoms with E-state index in [1.54, 1.807) is 17.5 Å². The normalized spacial score (nSPS) is 25.7. The van der Waals surface area contributed by atoms with Crippen molar-refractivity contribution in [2.75, 3.05) is 13.1 Å². The fourth-order valence-corrected chi connectivity index (χ4v) is 3.20. The van der Waals surface area contributed by atoms with Gasteiger partial charge < -0.3 is 10.6 Å². The van der Waals surface area contributed by atoms with E-state index in [1.165, 1.54) is 0 Å². The minimum Gasteiger partial charge on any atom is -0.347 e. The van der Waals surface area contributed by atoms with Crippen LogP contribution in [0.5, 0.6) is 0 Å². The smallest absolute Gasteiger partial charge is 0.224 e. The number of hydrogen-bond acceptors (Lipinski definition) is 4. The Kier molecular flexibility index (Phi) is 4.72. The highest BCUT2D eigenvalue weighted by molar-refractivity contribution is 7.09. The molecule has 1 saturated heterocycles. The number of carbonyl (C=O) groups excluding carboxylic acids is 1. The topological polar surface area (TPSA) is 54.0 Å². The van der Waals surface area contributed by atoms with Crippen molar-refractivity contribution in [3.05, 3.63) is 16.6 Å². The Morgan fingerprint density at radius 1 is 1.72 bits per heavy atom. The molecule has 2 rings (SSSR count). The minimum atomic E-state index is 0.0691. The summed E-state index contributed by atoms with van der Waals surface area (Å²) in [5.41, 5.74) is 0. The van der Waals surface area contributed by atoms with Gasteiger partial charge in [-0.05, 0) is 31.8 Å². The van der Waals surface area contributed by atoms with E-state index < -0.39 is 0 Å². The number of thiazole rings is 1. The lowest BCUT2D eigenvalue weighted by atomic mass is 9.87. The zero-order valence-electron chi connectivity index (χ0n) is 11.0. The number of amides is 1. The summed E-state index contributed by atoms with van der Waals surface area (Å²) in [6, 6.07) is 0.0691. The van der Waals surface area contributed by atoms with Gasteiger partial charge in [0.05, 0.1) is 6.04 Å². The van der Waals surface area contributed by atoms with Crippen LogP contribution in [0.2, 0.25) is 0 Å². The van der Waals surface area contributed by atoms with Crippen LogP contribution < -0.4 is 10.6 Å². The van der Waals surface area contributed by atoms with Crippen LogP contribution in [0.1, 0.15) is 37.7 Å². The number of hydrogen-bond donors (Lipinski definition) is 2. The molecule has 2 N–H and O–H groups in total. The largest absolute Gasteiger partial charge is 0.347 e. The first kappa shape index (κ1) is 13.5. The van der Waals surface area contributed by atoms with Crippen LogP contribution in [0.15, 0.2) is 11.6 Å². The zero-order chi connectivity index (χ0) is 13.0. The van der Waals surface area contributed by atoms with Crippen LogP contribution in [0.25, 0.3) is 0 Å². The third-order valence-corrected chi connectivity index (χ3v) is 4.49. The van der Waals surface area contributed by atoms with Crippen LogP contribution in [0.4, 0.5) is 0 Å². The summed E-state index contributed by atoms with van der Waals surface area (Å²) < 4.78 is 0.